The van der Waals surface area contributed by atoms with Crippen molar-refractivity contribution in [3.63, 3.8) is 0 Å². The minimum atomic E-state index is -0.426. The van der Waals surface area contributed by atoms with Crippen molar-refractivity contribution in [2.75, 3.05) is 7.05 Å². The minimum Gasteiger partial charge on any atom is -0.382 e. The van der Waals surface area contributed by atoms with E-state index in [1.165, 1.54) is 10.5 Å². The molecule has 0 radical (unpaired) electrons. The first-order valence-corrected chi connectivity index (χ1v) is 6.77. The van der Waals surface area contributed by atoms with Crippen molar-refractivity contribution in [3.8, 4) is 0 Å². The molecule has 2 heteroatoms. The molecule has 0 fully saturated rings. The Kier molecular flexibility index (Phi) is 4.72. The van der Waals surface area contributed by atoms with Crippen LogP contribution in [0.15, 0.2) is 60.7 Å². The molecular weight excluding hydrogens is 234 g/mol. The van der Waals surface area contributed by atoms with E-state index in [0.29, 0.717) is 0 Å². The molecule has 0 saturated heterocycles. The lowest BCUT2D eigenvalue weighted by molar-refractivity contribution is -0.922. The average molecular weight is 256 g/mol. The molecule has 0 aliphatic carbocycles. The molecule has 0 saturated carbocycles. The van der Waals surface area contributed by atoms with Gasteiger partial charge in [0.15, 0.2) is 0 Å². The molecule has 2 aromatic carbocycles. The van der Waals surface area contributed by atoms with Gasteiger partial charge in [-0.2, -0.15) is 0 Å². The molecular formula is C17H22NO+. The van der Waals surface area contributed by atoms with Crippen LogP contribution < -0.4 is 4.90 Å². The number of likely N-dealkylation sites (N-methyl/N-ethyl adjacent to an activating group) is 1. The molecule has 0 spiro atoms. The first-order chi connectivity index (χ1) is 9.18. The van der Waals surface area contributed by atoms with Crippen molar-refractivity contribution < 1.29 is 10.0 Å². The summed E-state index contributed by atoms with van der Waals surface area (Å²) in [5.41, 5.74) is 2.29. The monoisotopic (exact) mass is 256 g/mol. The van der Waals surface area contributed by atoms with Crippen LogP contribution >= 0.6 is 0 Å². The number of hydrogen-bond acceptors (Lipinski definition) is 1. The first-order valence-electron chi connectivity index (χ1n) is 6.77. The zero-order valence-corrected chi connectivity index (χ0v) is 11.6. The van der Waals surface area contributed by atoms with E-state index in [-0.39, 0.29) is 6.04 Å². The Morgan fingerprint density at radius 2 is 1.47 bits per heavy atom. The van der Waals surface area contributed by atoms with Gasteiger partial charge in [0.1, 0.15) is 18.7 Å². The van der Waals surface area contributed by atoms with Gasteiger partial charge in [0.25, 0.3) is 0 Å². The summed E-state index contributed by atoms with van der Waals surface area (Å²) in [6.07, 6.45) is -0.426. The van der Waals surface area contributed by atoms with Gasteiger partial charge in [0.05, 0.1) is 7.05 Å². The number of aliphatic hydroxyl groups excluding tert-OH is 1. The number of benzene rings is 2. The van der Waals surface area contributed by atoms with E-state index < -0.39 is 6.10 Å². The van der Waals surface area contributed by atoms with Gasteiger partial charge in [-0.3, -0.25) is 0 Å². The smallest absolute Gasteiger partial charge is 0.130 e. The predicted octanol–water partition coefficient (Wildman–Crippen LogP) is 1.82. The van der Waals surface area contributed by atoms with E-state index in [9.17, 15) is 5.11 Å². The molecule has 3 atom stereocenters. The molecule has 2 N–H and O–H groups in total. The SMILES string of the molecule is CC(C(O)c1ccccc1)[NH+](C)Cc1ccccc1. The van der Waals surface area contributed by atoms with Gasteiger partial charge in [-0.25, -0.2) is 0 Å². The molecule has 100 valence electrons. The molecule has 0 heterocycles. The number of rotatable bonds is 5. The largest absolute Gasteiger partial charge is 0.382 e. The van der Waals surface area contributed by atoms with Gasteiger partial charge in [0.2, 0.25) is 0 Å². The van der Waals surface area contributed by atoms with Crippen LogP contribution in [0.1, 0.15) is 24.2 Å². The molecule has 0 amide bonds. The maximum atomic E-state index is 10.4. The summed E-state index contributed by atoms with van der Waals surface area (Å²) in [6.45, 7) is 3.02. The van der Waals surface area contributed by atoms with Gasteiger partial charge in [0, 0.05) is 5.56 Å². The lowest BCUT2D eigenvalue weighted by atomic mass is 10.0. The van der Waals surface area contributed by atoms with E-state index in [1.54, 1.807) is 0 Å². The fourth-order valence-electron chi connectivity index (χ4n) is 2.29. The van der Waals surface area contributed by atoms with E-state index in [1.807, 2.05) is 36.4 Å². The molecule has 0 aromatic heterocycles. The second kappa shape index (κ2) is 6.50. The predicted molar refractivity (Wildman–Crippen MR) is 77.9 cm³/mol. The highest BCUT2D eigenvalue weighted by Gasteiger charge is 2.23. The second-order valence-corrected chi connectivity index (χ2v) is 5.15. The van der Waals surface area contributed by atoms with Crippen molar-refractivity contribution in [2.24, 2.45) is 0 Å². The summed E-state index contributed by atoms with van der Waals surface area (Å²) in [5.74, 6) is 0. The highest BCUT2D eigenvalue weighted by atomic mass is 16.3. The Labute approximate surface area is 115 Å². The summed E-state index contributed by atoms with van der Waals surface area (Å²) in [5, 5.41) is 10.4. The molecule has 2 rings (SSSR count). The molecule has 3 unspecified atom stereocenters. The molecule has 0 aliphatic rings. The van der Waals surface area contributed by atoms with Crippen molar-refractivity contribution >= 4 is 0 Å². The van der Waals surface area contributed by atoms with E-state index in [2.05, 4.69) is 38.2 Å². The maximum absolute atomic E-state index is 10.4. The Balaban J connectivity index is 2.01. The fourth-order valence-corrected chi connectivity index (χ4v) is 2.29. The maximum Gasteiger partial charge on any atom is 0.130 e. The molecule has 2 nitrogen and oxygen atoms in total. The molecule has 0 aliphatic heterocycles. The van der Waals surface area contributed by atoms with Gasteiger partial charge in [-0.05, 0) is 12.5 Å². The van der Waals surface area contributed by atoms with Crippen LogP contribution in [-0.2, 0) is 6.54 Å². The summed E-state index contributed by atoms with van der Waals surface area (Å²) >= 11 is 0. The Morgan fingerprint density at radius 3 is 2.05 bits per heavy atom. The Morgan fingerprint density at radius 1 is 0.947 bits per heavy atom. The van der Waals surface area contributed by atoms with Gasteiger partial charge < -0.3 is 10.0 Å². The molecule has 19 heavy (non-hydrogen) atoms. The number of hydrogen-bond donors (Lipinski definition) is 2. The van der Waals surface area contributed by atoms with E-state index >= 15 is 0 Å². The normalized spacial score (nSPS) is 15.7. The molecule has 0 bridgehead atoms. The Hall–Kier alpha value is -1.64. The molecule has 2 aromatic rings. The average Bonchev–Trinajstić information content (AvgIpc) is 2.47. The first kappa shape index (κ1) is 13.8. The zero-order valence-electron chi connectivity index (χ0n) is 11.6. The van der Waals surface area contributed by atoms with Crippen LogP contribution in [0, 0.1) is 0 Å². The zero-order chi connectivity index (χ0) is 13.7. The second-order valence-electron chi connectivity index (χ2n) is 5.15. The Bertz CT molecular complexity index is 483. The number of aliphatic hydroxyl groups is 1. The fraction of sp³-hybridized carbons (Fsp3) is 0.294. The van der Waals surface area contributed by atoms with Crippen LogP contribution in [-0.4, -0.2) is 18.2 Å². The topological polar surface area (TPSA) is 24.7 Å². The van der Waals surface area contributed by atoms with Crippen molar-refractivity contribution in [3.05, 3.63) is 71.8 Å². The van der Waals surface area contributed by atoms with Crippen LogP contribution in [0.2, 0.25) is 0 Å². The lowest BCUT2D eigenvalue weighted by Crippen LogP contribution is -3.11. The summed E-state index contributed by atoms with van der Waals surface area (Å²) < 4.78 is 0. The minimum absolute atomic E-state index is 0.155. The summed E-state index contributed by atoms with van der Waals surface area (Å²) in [7, 11) is 2.13. The van der Waals surface area contributed by atoms with Gasteiger partial charge >= 0.3 is 0 Å². The number of nitrogens with one attached hydrogen (secondary N) is 1. The third-order valence-corrected chi connectivity index (χ3v) is 3.72. The third-order valence-electron chi connectivity index (χ3n) is 3.72. The van der Waals surface area contributed by atoms with Crippen molar-refractivity contribution in [2.45, 2.75) is 25.6 Å². The van der Waals surface area contributed by atoms with Crippen LogP contribution in [0.5, 0.6) is 0 Å². The van der Waals surface area contributed by atoms with Crippen LogP contribution in [0.25, 0.3) is 0 Å². The van der Waals surface area contributed by atoms with Crippen molar-refractivity contribution in [1.82, 2.24) is 0 Å². The quantitative estimate of drug-likeness (QED) is 0.838. The highest BCUT2D eigenvalue weighted by molar-refractivity contribution is 5.18. The van der Waals surface area contributed by atoms with Gasteiger partial charge in [-0.1, -0.05) is 60.7 Å². The number of quaternary nitrogens is 1. The third kappa shape index (κ3) is 3.66. The van der Waals surface area contributed by atoms with Crippen LogP contribution in [0.3, 0.4) is 0 Å². The van der Waals surface area contributed by atoms with Crippen molar-refractivity contribution in [1.29, 1.82) is 0 Å². The lowest BCUT2D eigenvalue weighted by Gasteiger charge is -2.26. The summed E-state index contributed by atoms with van der Waals surface area (Å²) in [6, 6.07) is 20.4. The van der Waals surface area contributed by atoms with E-state index in [4.69, 9.17) is 0 Å². The van der Waals surface area contributed by atoms with Crippen LogP contribution in [0.4, 0.5) is 0 Å². The van der Waals surface area contributed by atoms with Gasteiger partial charge in [-0.15, -0.1) is 0 Å². The summed E-state index contributed by atoms with van der Waals surface area (Å²) in [4.78, 5) is 1.31. The standard InChI is InChI=1S/C17H21NO/c1-14(17(19)16-11-7-4-8-12-16)18(2)13-15-9-5-3-6-10-15/h3-12,14,17,19H,13H2,1-2H3/p+1. The highest BCUT2D eigenvalue weighted by Crippen LogP contribution is 2.14. The van der Waals surface area contributed by atoms with E-state index in [0.717, 1.165) is 12.1 Å².